The van der Waals surface area contributed by atoms with Crippen LogP contribution in [0, 0.1) is 5.82 Å². The first-order valence-corrected chi connectivity index (χ1v) is 7.53. The fraction of sp³-hybridized carbons (Fsp3) is 0.278. The molecule has 114 valence electrons. The number of unbranched alkanes of at least 4 members (excludes halogenated alkanes) is 1. The van der Waals surface area contributed by atoms with Crippen LogP contribution >= 0.6 is 0 Å². The van der Waals surface area contributed by atoms with Gasteiger partial charge in [0.05, 0.1) is 23.7 Å². The molecule has 0 saturated carbocycles. The lowest BCUT2D eigenvalue weighted by Crippen LogP contribution is -2.01. The maximum absolute atomic E-state index is 14.2. The van der Waals surface area contributed by atoms with Crippen molar-refractivity contribution in [3.05, 3.63) is 48.3 Å². The number of aryl methyl sites for hydroxylation is 1. The molecule has 2 aromatic carbocycles. The fourth-order valence-corrected chi connectivity index (χ4v) is 2.63. The van der Waals surface area contributed by atoms with Crippen LogP contribution in [0.1, 0.15) is 19.8 Å². The standard InChI is InChI=1S/C18H19FN2O/c1-3-4-11-21-17-10-9-13(22-2)12-16(17)20-18(21)14-7-5-6-8-15(14)19/h5-10,12H,3-4,11H2,1-2H3. The van der Waals surface area contributed by atoms with Crippen molar-refractivity contribution >= 4 is 11.0 Å². The van der Waals surface area contributed by atoms with E-state index in [0.717, 1.165) is 36.2 Å². The van der Waals surface area contributed by atoms with Crippen LogP contribution < -0.4 is 4.74 Å². The van der Waals surface area contributed by atoms with E-state index in [0.29, 0.717) is 11.4 Å². The maximum atomic E-state index is 14.2. The molecule has 0 spiro atoms. The number of hydrogen-bond donors (Lipinski definition) is 0. The average Bonchev–Trinajstić information content (AvgIpc) is 2.90. The zero-order valence-corrected chi connectivity index (χ0v) is 12.8. The second kappa shape index (κ2) is 6.18. The maximum Gasteiger partial charge on any atom is 0.144 e. The molecule has 4 heteroatoms. The van der Waals surface area contributed by atoms with E-state index in [4.69, 9.17) is 4.74 Å². The number of fused-ring (bicyclic) bond motifs is 1. The van der Waals surface area contributed by atoms with Crippen LogP contribution in [0.4, 0.5) is 4.39 Å². The molecule has 0 aliphatic rings. The van der Waals surface area contributed by atoms with Crippen LogP contribution in [-0.4, -0.2) is 16.7 Å². The highest BCUT2D eigenvalue weighted by atomic mass is 19.1. The Morgan fingerprint density at radius 2 is 2.00 bits per heavy atom. The summed E-state index contributed by atoms with van der Waals surface area (Å²) in [5.41, 5.74) is 2.37. The summed E-state index contributed by atoms with van der Waals surface area (Å²) in [6.07, 6.45) is 2.10. The Morgan fingerprint density at radius 1 is 1.18 bits per heavy atom. The van der Waals surface area contributed by atoms with E-state index >= 15 is 0 Å². The van der Waals surface area contributed by atoms with E-state index in [-0.39, 0.29) is 5.82 Å². The smallest absolute Gasteiger partial charge is 0.144 e. The molecule has 0 unspecified atom stereocenters. The van der Waals surface area contributed by atoms with Gasteiger partial charge in [-0.05, 0) is 30.7 Å². The Morgan fingerprint density at radius 3 is 2.73 bits per heavy atom. The molecule has 0 fully saturated rings. The van der Waals surface area contributed by atoms with E-state index in [1.807, 2.05) is 24.3 Å². The minimum Gasteiger partial charge on any atom is -0.497 e. The average molecular weight is 298 g/mol. The molecule has 1 aromatic heterocycles. The van der Waals surface area contributed by atoms with Crippen molar-refractivity contribution in [2.24, 2.45) is 0 Å². The van der Waals surface area contributed by atoms with Gasteiger partial charge in [0.2, 0.25) is 0 Å². The number of ether oxygens (including phenoxy) is 1. The zero-order chi connectivity index (χ0) is 15.5. The second-order valence-electron chi connectivity index (χ2n) is 5.28. The van der Waals surface area contributed by atoms with Gasteiger partial charge in [0, 0.05) is 12.6 Å². The first kappa shape index (κ1) is 14.6. The molecular weight excluding hydrogens is 279 g/mol. The van der Waals surface area contributed by atoms with Crippen molar-refractivity contribution in [3.8, 4) is 17.1 Å². The molecule has 22 heavy (non-hydrogen) atoms. The second-order valence-corrected chi connectivity index (χ2v) is 5.28. The highest BCUT2D eigenvalue weighted by Crippen LogP contribution is 2.29. The third-order valence-corrected chi connectivity index (χ3v) is 3.81. The summed E-state index contributed by atoms with van der Waals surface area (Å²) in [6, 6.07) is 12.6. The van der Waals surface area contributed by atoms with Crippen molar-refractivity contribution in [2.45, 2.75) is 26.3 Å². The van der Waals surface area contributed by atoms with Crippen LogP contribution in [0.15, 0.2) is 42.5 Å². The summed E-state index contributed by atoms with van der Waals surface area (Å²) in [5, 5.41) is 0. The summed E-state index contributed by atoms with van der Waals surface area (Å²) in [6.45, 7) is 2.97. The lowest BCUT2D eigenvalue weighted by molar-refractivity contribution is 0.415. The van der Waals surface area contributed by atoms with Gasteiger partial charge in [0.15, 0.2) is 0 Å². The Labute approximate surface area is 129 Å². The topological polar surface area (TPSA) is 27.1 Å². The first-order valence-electron chi connectivity index (χ1n) is 7.53. The number of halogens is 1. The molecule has 3 nitrogen and oxygen atoms in total. The van der Waals surface area contributed by atoms with Gasteiger partial charge in [0.25, 0.3) is 0 Å². The fourth-order valence-electron chi connectivity index (χ4n) is 2.63. The Bertz CT molecular complexity index is 795. The summed E-state index contributed by atoms with van der Waals surface area (Å²) >= 11 is 0. The van der Waals surface area contributed by atoms with Crippen molar-refractivity contribution in [1.29, 1.82) is 0 Å². The van der Waals surface area contributed by atoms with Crippen molar-refractivity contribution in [3.63, 3.8) is 0 Å². The molecule has 3 rings (SSSR count). The summed E-state index contributed by atoms with van der Waals surface area (Å²) in [5.74, 6) is 1.19. The third kappa shape index (κ3) is 2.56. The Hall–Kier alpha value is -2.36. The molecular formula is C18H19FN2O. The van der Waals surface area contributed by atoms with E-state index in [9.17, 15) is 4.39 Å². The van der Waals surface area contributed by atoms with Gasteiger partial charge >= 0.3 is 0 Å². The molecule has 0 N–H and O–H groups in total. The predicted octanol–water partition coefficient (Wildman–Crippen LogP) is 4.65. The van der Waals surface area contributed by atoms with E-state index in [1.165, 1.54) is 6.07 Å². The van der Waals surface area contributed by atoms with Gasteiger partial charge in [-0.15, -0.1) is 0 Å². The molecule has 0 aliphatic carbocycles. The molecule has 0 saturated heterocycles. The Kier molecular flexibility index (Phi) is 4.09. The highest BCUT2D eigenvalue weighted by molar-refractivity contribution is 5.82. The predicted molar refractivity (Wildman–Crippen MR) is 86.6 cm³/mol. The SMILES string of the molecule is CCCCn1c(-c2ccccc2F)nc2cc(OC)ccc21. The van der Waals surface area contributed by atoms with E-state index < -0.39 is 0 Å². The van der Waals surface area contributed by atoms with Crippen LogP contribution in [0.25, 0.3) is 22.4 Å². The van der Waals surface area contributed by atoms with Crippen LogP contribution in [0.3, 0.4) is 0 Å². The highest BCUT2D eigenvalue weighted by Gasteiger charge is 2.15. The van der Waals surface area contributed by atoms with Crippen LogP contribution in [-0.2, 0) is 6.54 Å². The molecule has 0 bridgehead atoms. The summed E-state index contributed by atoms with van der Waals surface area (Å²) in [7, 11) is 1.63. The minimum absolute atomic E-state index is 0.248. The first-order chi connectivity index (χ1) is 10.7. The van der Waals surface area contributed by atoms with Crippen molar-refractivity contribution in [2.75, 3.05) is 7.11 Å². The third-order valence-electron chi connectivity index (χ3n) is 3.81. The lowest BCUT2D eigenvalue weighted by Gasteiger charge is -2.09. The van der Waals surface area contributed by atoms with Gasteiger partial charge in [0.1, 0.15) is 17.4 Å². The van der Waals surface area contributed by atoms with Crippen molar-refractivity contribution < 1.29 is 9.13 Å². The molecule has 0 radical (unpaired) electrons. The molecule has 0 aliphatic heterocycles. The molecule has 0 atom stereocenters. The van der Waals surface area contributed by atoms with Crippen LogP contribution in [0.5, 0.6) is 5.75 Å². The molecule has 0 amide bonds. The monoisotopic (exact) mass is 298 g/mol. The van der Waals surface area contributed by atoms with E-state index in [1.54, 1.807) is 19.2 Å². The largest absolute Gasteiger partial charge is 0.497 e. The molecule has 1 heterocycles. The number of rotatable bonds is 5. The number of benzene rings is 2. The van der Waals surface area contributed by atoms with Gasteiger partial charge in [-0.25, -0.2) is 9.37 Å². The minimum atomic E-state index is -0.248. The number of methoxy groups -OCH3 is 1. The quantitative estimate of drug-likeness (QED) is 0.685. The van der Waals surface area contributed by atoms with Crippen molar-refractivity contribution in [1.82, 2.24) is 9.55 Å². The zero-order valence-electron chi connectivity index (χ0n) is 12.8. The summed E-state index contributed by atoms with van der Waals surface area (Å²) < 4.78 is 21.5. The van der Waals surface area contributed by atoms with Gasteiger partial charge in [-0.1, -0.05) is 25.5 Å². The normalized spacial score (nSPS) is 11.0. The van der Waals surface area contributed by atoms with Gasteiger partial charge < -0.3 is 9.30 Å². The lowest BCUT2D eigenvalue weighted by atomic mass is 10.2. The van der Waals surface area contributed by atoms with Gasteiger partial charge in [-0.3, -0.25) is 0 Å². The van der Waals surface area contributed by atoms with Gasteiger partial charge in [-0.2, -0.15) is 0 Å². The summed E-state index contributed by atoms with van der Waals surface area (Å²) in [4.78, 5) is 4.65. The Balaban J connectivity index is 2.21. The molecule has 3 aromatic rings. The van der Waals surface area contributed by atoms with Crippen LogP contribution in [0.2, 0.25) is 0 Å². The number of imidazole rings is 1. The number of aromatic nitrogens is 2. The van der Waals surface area contributed by atoms with E-state index in [2.05, 4.69) is 16.5 Å². The number of nitrogens with zero attached hydrogens (tertiary/aromatic N) is 2. The number of hydrogen-bond acceptors (Lipinski definition) is 2.